The lowest BCUT2D eigenvalue weighted by Gasteiger charge is -2.16. The summed E-state index contributed by atoms with van der Waals surface area (Å²) >= 11 is 0. The fourth-order valence-electron chi connectivity index (χ4n) is 2.62. The van der Waals surface area contributed by atoms with Crippen LogP contribution in [0.5, 0.6) is 0 Å². The topological polar surface area (TPSA) is 50.5 Å². The lowest BCUT2D eigenvalue weighted by atomic mass is 10.1. The third-order valence-electron chi connectivity index (χ3n) is 3.75. The summed E-state index contributed by atoms with van der Waals surface area (Å²) in [5.74, 6) is 0.478. The second kappa shape index (κ2) is 5.61. The van der Waals surface area contributed by atoms with Gasteiger partial charge in [0.25, 0.3) is 0 Å². The van der Waals surface area contributed by atoms with E-state index in [1.807, 2.05) is 12.1 Å². The number of sulfonamides is 1. The molecule has 0 aliphatic carbocycles. The third-order valence-corrected chi connectivity index (χ3v) is 5.57. The molecule has 6 heteroatoms. The summed E-state index contributed by atoms with van der Waals surface area (Å²) in [6, 6.07) is 9.26. The molecule has 1 fully saturated rings. The van der Waals surface area contributed by atoms with E-state index in [1.54, 1.807) is 6.26 Å². The molecule has 1 aromatic heterocycles. The molecule has 2 heterocycles. The van der Waals surface area contributed by atoms with Crippen LogP contribution >= 0.6 is 0 Å². The molecule has 112 valence electrons. The quantitative estimate of drug-likeness (QED) is 0.872. The predicted octanol–water partition coefficient (Wildman–Crippen LogP) is 2.74. The van der Waals surface area contributed by atoms with E-state index < -0.39 is 10.0 Å². The first kappa shape index (κ1) is 14.3. The van der Waals surface area contributed by atoms with Gasteiger partial charge in [0, 0.05) is 19.0 Å². The van der Waals surface area contributed by atoms with E-state index in [-0.39, 0.29) is 17.5 Å². The van der Waals surface area contributed by atoms with Crippen LogP contribution in [0.4, 0.5) is 4.39 Å². The standard InChI is InChI=1S/C15H16FNO3S/c16-14-5-3-12(4-6-14)11-21(18,19)17-8-7-13(10-17)15-2-1-9-20-15/h1-6,9,13H,7-8,10-11H2. The Morgan fingerprint density at radius 2 is 2.00 bits per heavy atom. The molecule has 0 radical (unpaired) electrons. The lowest BCUT2D eigenvalue weighted by molar-refractivity contribution is 0.444. The van der Waals surface area contributed by atoms with Crippen LogP contribution in [0, 0.1) is 5.82 Å². The van der Waals surface area contributed by atoms with Crippen LogP contribution in [-0.2, 0) is 15.8 Å². The second-order valence-electron chi connectivity index (χ2n) is 5.24. The van der Waals surface area contributed by atoms with Gasteiger partial charge in [-0.2, -0.15) is 0 Å². The van der Waals surface area contributed by atoms with Gasteiger partial charge in [-0.3, -0.25) is 0 Å². The average Bonchev–Trinajstić information content (AvgIpc) is 3.11. The Hall–Kier alpha value is -1.66. The van der Waals surface area contributed by atoms with E-state index in [0.29, 0.717) is 18.7 Å². The van der Waals surface area contributed by atoms with E-state index in [4.69, 9.17) is 4.42 Å². The van der Waals surface area contributed by atoms with Gasteiger partial charge in [0.1, 0.15) is 11.6 Å². The van der Waals surface area contributed by atoms with Gasteiger partial charge >= 0.3 is 0 Å². The monoisotopic (exact) mass is 309 g/mol. The van der Waals surface area contributed by atoms with Gasteiger partial charge in [-0.05, 0) is 36.2 Å². The Morgan fingerprint density at radius 3 is 2.67 bits per heavy atom. The van der Waals surface area contributed by atoms with Crippen LogP contribution in [0.25, 0.3) is 0 Å². The predicted molar refractivity (Wildman–Crippen MR) is 76.7 cm³/mol. The first-order valence-electron chi connectivity index (χ1n) is 6.80. The molecule has 0 amide bonds. The Morgan fingerprint density at radius 1 is 1.24 bits per heavy atom. The van der Waals surface area contributed by atoms with Crippen molar-refractivity contribution in [2.75, 3.05) is 13.1 Å². The molecule has 2 aromatic rings. The van der Waals surface area contributed by atoms with Crippen LogP contribution < -0.4 is 0 Å². The van der Waals surface area contributed by atoms with Crippen LogP contribution in [0.1, 0.15) is 23.7 Å². The average molecular weight is 309 g/mol. The highest BCUT2D eigenvalue weighted by Crippen LogP contribution is 2.30. The summed E-state index contributed by atoms with van der Waals surface area (Å²) in [7, 11) is -3.38. The van der Waals surface area contributed by atoms with Gasteiger partial charge in [0.2, 0.25) is 10.0 Å². The SMILES string of the molecule is O=S(=O)(Cc1ccc(F)cc1)N1CCC(c2ccco2)C1. The number of benzene rings is 1. The van der Waals surface area contributed by atoms with E-state index in [2.05, 4.69) is 0 Å². The lowest BCUT2D eigenvalue weighted by Crippen LogP contribution is -2.29. The van der Waals surface area contributed by atoms with Crippen LogP contribution in [0.15, 0.2) is 47.1 Å². The van der Waals surface area contributed by atoms with E-state index >= 15 is 0 Å². The molecule has 0 N–H and O–H groups in total. The summed E-state index contributed by atoms with van der Waals surface area (Å²) in [6.45, 7) is 0.936. The van der Waals surface area contributed by atoms with Crippen LogP contribution in [0.2, 0.25) is 0 Å². The molecule has 1 aliphatic heterocycles. The highest BCUT2D eigenvalue weighted by Gasteiger charge is 2.33. The maximum atomic E-state index is 12.9. The smallest absolute Gasteiger partial charge is 0.218 e. The number of nitrogens with zero attached hydrogens (tertiary/aromatic N) is 1. The molecule has 0 spiro atoms. The van der Waals surface area contributed by atoms with Gasteiger partial charge in [-0.15, -0.1) is 0 Å². The maximum Gasteiger partial charge on any atom is 0.218 e. The van der Waals surface area contributed by atoms with Gasteiger partial charge in [-0.25, -0.2) is 17.1 Å². The van der Waals surface area contributed by atoms with Crippen molar-refractivity contribution >= 4 is 10.0 Å². The first-order chi connectivity index (χ1) is 10.0. The highest BCUT2D eigenvalue weighted by atomic mass is 32.2. The summed E-state index contributed by atoms with van der Waals surface area (Å²) in [4.78, 5) is 0. The maximum absolute atomic E-state index is 12.9. The van der Waals surface area contributed by atoms with Crippen molar-refractivity contribution in [3.8, 4) is 0 Å². The van der Waals surface area contributed by atoms with E-state index in [1.165, 1.54) is 28.6 Å². The molecule has 21 heavy (non-hydrogen) atoms. The van der Waals surface area contributed by atoms with E-state index in [9.17, 15) is 12.8 Å². The first-order valence-corrected chi connectivity index (χ1v) is 8.41. The molecule has 1 aromatic carbocycles. The summed E-state index contributed by atoms with van der Waals surface area (Å²) in [6.07, 6.45) is 2.36. The summed E-state index contributed by atoms with van der Waals surface area (Å²) in [5.41, 5.74) is 0.595. The minimum Gasteiger partial charge on any atom is -0.469 e. The van der Waals surface area contributed by atoms with Crippen molar-refractivity contribution in [3.05, 3.63) is 59.8 Å². The number of halogens is 1. The van der Waals surface area contributed by atoms with Crippen molar-refractivity contribution in [2.45, 2.75) is 18.1 Å². The highest BCUT2D eigenvalue weighted by molar-refractivity contribution is 7.88. The fourth-order valence-corrected chi connectivity index (χ4v) is 4.21. The molecule has 3 rings (SSSR count). The zero-order chi connectivity index (χ0) is 14.9. The summed E-state index contributed by atoms with van der Waals surface area (Å²) < 4.78 is 44.5. The normalized spacial score (nSPS) is 20.0. The number of furan rings is 1. The van der Waals surface area contributed by atoms with Crippen molar-refractivity contribution in [1.82, 2.24) is 4.31 Å². The van der Waals surface area contributed by atoms with Gasteiger partial charge in [-0.1, -0.05) is 12.1 Å². The fraction of sp³-hybridized carbons (Fsp3) is 0.333. The molecule has 1 aliphatic rings. The van der Waals surface area contributed by atoms with Crippen molar-refractivity contribution in [2.24, 2.45) is 0 Å². The Bertz CT molecular complexity index is 695. The molecular weight excluding hydrogens is 293 g/mol. The molecule has 1 saturated heterocycles. The zero-order valence-corrected chi connectivity index (χ0v) is 12.2. The Labute approximate surface area is 123 Å². The van der Waals surface area contributed by atoms with E-state index in [0.717, 1.165) is 12.2 Å². The minimum atomic E-state index is -3.38. The summed E-state index contributed by atoms with van der Waals surface area (Å²) in [5, 5.41) is 0. The second-order valence-corrected chi connectivity index (χ2v) is 7.21. The minimum absolute atomic E-state index is 0.0991. The van der Waals surface area contributed by atoms with Gasteiger partial charge in [0.15, 0.2) is 0 Å². The largest absolute Gasteiger partial charge is 0.469 e. The molecule has 0 saturated carbocycles. The number of rotatable bonds is 4. The molecular formula is C15H16FNO3S. The van der Waals surface area contributed by atoms with Gasteiger partial charge in [0.05, 0.1) is 12.0 Å². The Balaban J connectivity index is 1.70. The molecule has 4 nitrogen and oxygen atoms in total. The number of hydrogen-bond donors (Lipinski definition) is 0. The van der Waals surface area contributed by atoms with Gasteiger partial charge < -0.3 is 4.42 Å². The zero-order valence-electron chi connectivity index (χ0n) is 11.4. The third kappa shape index (κ3) is 3.16. The van der Waals surface area contributed by atoms with Crippen LogP contribution in [0.3, 0.4) is 0 Å². The molecule has 1 unspecified atom stereocenters. The molecule has 1 atom stereocenters. The van der Waals surface area contributed by atoms with Crippen LogP contribution in [-0.4, -0.2) is 25.8 Å². The molecule has 0 bridgehead atoms. The Kier molecular flexibility index (Phi) is 3.82. The van der Waals surface area contributed by atoms with Crippen molar-refractivity contribution in [1.29, 1.82) is 0 Å². The van der Waals surface area contributed by atoms with Crippen molar-refractivity contribution in [3.63, 3.8) is 0 Å². The number of hydrogen-bond acceptors (Lipinski definition) is 3. The van der Waals surface area contributed by atoms with Crippen molar-refractivity contribution < 1.29 is 17.2 Å².